The summed E-state index contributed by atoms with van der Waals surface area (Å²) in [5.74, 6) is 0.568. The van der Waals surface area contributed by atoms with Gasteiger partial charge in [-0.1, -0.05) is 0 Å². The Morgan fingerprint density at radius 1 is 1.14 bits per heavy atom. The number of hydrogen-bond donors (Lipinski definition) is 0. The van der Waals surface area contributed by atoms with Gasteiger partial charge in [0.25, 0.3) is 5.56 Å². The van der Waals surface area contributed by atoms with Gasteiger partial charge in [0.15, 0.2) is 0 Å². The Hall–Kier alpha value is -0.740. The van der Waals surface area contributed by atoms with E-state index in [0.29, 0.717) is 12.4 Å². The Morgan fingerprint density at radius 3 is 2.36 bits per heavy atom. The second kappa shape index (κ2) is 5.22. The van der Waals surface area contributed by atoms with Gasteiger partial charge in [0.1, 0.15) is 0 Å². The van der Waals surface area contributed by atoms with E-state index in [0.717, 1.165) is 4.57 Å². The van der Waals surface area contributed by atoms with E-state index in [9.17, 15) is 9.59 Å². The molecule has 0 aromatic carbocycles. The smallest absolute Gasteiger partial charge is 0.299 e. The van der Waals surface area contributed by atoms with Crippen molar-refractivity contribution in [1.82, 2.24) is 9.13 Å². The largest absolute Gasteiger partial charge is 0.331 e. The zero-order chi connectivity index (χ0) is 10.6. The molecule has 1 rings (SSSR count). The lowest BCUT2D eigenvalue weighted by Gasteiger charge is -2.06. The Labute approximate surface area is 90.7 Å². The topological polar surface area (TPSA) is 44.0 Å². The summed E-state index contributed by atoms with van der Waals surface area (Å²) in [6.45, 7) is 0.616. The maximum absolute atomic E-state index is 11.6. The van der Waals surface area contributed by atoms with Crippen LogP contribution in [-0.2, 0) is 13.1 Å². The molecule has 0 atom stereocenters. The first kappa shape index (κ1) is 11.3. The van der Waals surface area contributed by atoms with Crippen LogP contribution in [0.15, 0.2) is 21.9 Å². The molecule has 0 spiro atoms. The fourth-order valence-electron chi connectivity index (χ4n) is 1.11. The summed E-state index contributed by atoms with van der Waals surface area (Å²) >= 11 is 11.0. The fourth-order valence-corrected chi connectivity index (χ4v) is 1.46. The summed E-state index contributed by atoms with van der Waals surface area (Å²) in [5, 5.41) is 0. The first-order valence-corrected chi connectivity index (χ1v) is 5.20. The standard InChI is InChI=1S/C8H10Cl2N2O2/c9-2-5-11-4-1-7(13)12(6-3-10)8(11)14/h1,4H,2-3,5-6H2. The second-order valence-corrected chi connectivity index (χ2v) is 3.42. The average molecular weight is 237 g/mol. The molecule has 0 bridgehead atoms. The summed E-state index contributed by atoms with van der Waals surface area (Å²) < 4.78 is 2.49. The average Bonchev–Trinajstić information content (AvgIpc) is 2.17. The molecular formula is C8H10Cl2N2O2. The van der Waals surface area contributed by atoms with Gasteiger partial charge in [0.2, 0.25) is 0 Å². The van der Waals surface area contributed by atoms with Crippen LogP contribution in [0.1, 0.15) is 0 Å². The first-order chi connectivity index (χ1) is 6.70. The van der Waals surface area contributed by atoms with Crippen LogP contribution in [0.4, 0.5) is 0 Å². The molecule has 0 saturated heterocycles. The van der Waals surface area contributed by atoms with Crippen molar-refractivity contribution in [3.8, 4) is 0 Å². The predicted octanol–water partition coefficient (Wildman–Crippen LogP) is 0.488. The number of nitrogens with zero attached hydrogens (tertiary/aromatic N) is 2. The highest BCUT2D eigenvalue weighted by atomic mass is 35.5. The molecule has 1 aromatic rings. The molecule has 0 radical (unpaired) electrons. The van der Waals surface area contributed by atoms with Crippen LogP contribution in [0, 0.1) is 0 Å². The van der Waals surface area contributed by atoms with Crippen LogP contribution < -0.4 is 11.2 Å². The SMILES string of the molecule is O=c1ccn(CCCl)c(=O)n1CCCl. The van der Waals surface area contributed by atoms with Gasteiger partial charge in [-0.25, -0.2) is 4.79 Å². The minimum atomic E-state index is -0.362. The highest BCUT2D eigenvalue weighted by Gasteiger charge is 2.03. The molecule has 0 aliphatic heterocycles. The van der Waals surface area contributed by atoms with Gasteiger partial charge in [-0.3, -0.25) is 13.9 Å². The highest BCUT2D eigenvalue weighted by Crippen LogP contribution is 1.84. The van der Waals surface area contributed by atoms with E-state index in [1.807, 2.05) is 0 Å². The lowest BCUT2D eigenvalue weighted by atomic mass is 10.5. The summed E-state index contributed by atoms with van der Waals surface area (Å²) in [4.78, 5) is 22.8. The molecule has 78 valence electrons. The first-order valence-electron chi connectivity index (χ1n) is 4.13. The molecule has 0 fully saturated rings. The zero-order valence-corrected chi connectivity index (χ0v) is 8.96. The Kier molecular flexibility index (Phi) is 4.22. The number of aryl methyl sites for hydroxylation is 1. The summed E-state index contributed by atoms with van der Waals surface area (Å²) in [6, 6.07) is 1.33. The Morgan fingerprint density at radius 2 is 1.79 bits per heavy atom. The minimum Gasteiger partial charge on any atom is -0.299 e. The van der Waals surface area contributed by atoms with E-state index < -0.39 is 0 Å². The molecule has 1 aromatic heterocycles. The predicted molar refractivity (Wildman–Crippen MR) is 56.4 cm³/mol. The third-order valence-electron chi connectivity index (χ3n) is 1.77. The second-order valence-electron chi connectivity index (χ2n) is 2.66. The van der Waals surface area contributed by atoms with Crippen molar-refractivity contribution >= 4 is 23.2 Å². The van der Waals surface area contributed by atoms with Crippen molar-refractivity contribution in [2.24, 2.45) is 0 Å². The lowest BCUT2D eigenvalue weighted by Crippen LogP contribution is -2.39. The van der Waals surface area contributed by atoms with Crippen LogP contribution in [0.2, 0.25) is 0 Å². The molecule has 0 saturated carbocycles. The normalized spacial score (nSPS) is 10.4. The van der Waals surface area contributed by atoms with Crippen molar-refractivity contribution in [1.29, 1.82) is 0 Å². The molecule has 0 amide bonds. The van der Waals surface area contributed by atoms with Crippen molar-refractivity contribution in [3.63, 3.8) is 0 Å². The maximum Gasteiger partial charge on any atom is 0.331 e. The number of aromatic nitrogens is 2. The fraction of sp³-hybridized carbons (Fsp3) is 0.500. The van der Waals surface area contributed by atoms with Crippen molar-refractivity contribution in [3.05, 3.63) is 33.1 Å². The van der Waals surface area contributed by atoms with Gasteiger partial charge in [0, 0.05) is 37.1 Å². The molecule has 6 heteroatoms. The number of rotatable bonds is 4. The van der Waals surface area contributed by atoms with Crippen LogP contribution in [0.5, 0.6) is 0 Å². The van der Waals surface area contributed by atoms with Crippen LogP contribution in [-0.4, -0.2) is 20.9 Å². The molecule has 0 unspecified atom stereocenters. The molecule has 0 aliphatic carbocycles. The third kappa shape index (κ3) is 2.39. The number of hydrogen-bond acceptors (Lipinski definition) is 2. The minimum absolute atomic E-state index is 0.225. The Bertz CT molecular complexity index is 411. The summed E-state index contributed by atoms with van der Waals surface area (Å²) in [6.07, 6.45) is 1.44. The quantitative estimate of drug-likeness (QED) is 0.715. The summed E-state index contributed by atoms with van der Waals surface area (Å²) in [5.41, 5.74) is -0.694. The monoisotopic (exact) mass is 236 g/mol. The number of alkyl halides is 2. The van der Waals surface area contributed by atoms with E-state index in [1.165, 1.54) is 16.8 Å². The van der Waals surface area contributed by atoms with E-state index in [4.69, 9.17) is 23.2 Å². The van der Waals surface area contributed by atoms with Crippen molar-refractivity contribution < 1.29 is 0 Å². The van der Waals surface area contributed by atoms with Gasteiger partial charge >= 0.3 is 5.69 Å². The molecule has 4 nitrogen and oxygen atoms in total. The van der Waals surface area contributed by atoms with E-state index in [-0.39, 0.29) is 23.7 Å². The molecular weight excluding hydrogens is 227 g/mol. The van der Waals surface area contributed by atoms with Crippen molar-refractivity contribution in [2.75, 3.05) is 11.8 Å². The third-order valence-corrected chi connectivity index (χ3v) is 2.11. The van der Waals surface area contributed by atoms with Gasteiger partial charge in [0.05, 0.1) is 0 Å². The molecule has 0 aliphatic rings. The number of halogens is 2. The highest BCUT2D eigenvalue weighted by molar-refractivity contribution is 6.18. The zero-order valence-electron chi connectivity index (χ0n) is 7.45. The van der Waals surface area contributed by atoms with Crippen LogP contribution in [0.25, 0.3) is 0 Å². The van der Waals surface area contributed by atoms with E-state index >= 15 is 0 Å². The Balaban J connectivity index is 3.19. The van der Waals surface area contributed by atoms with Crippen LogP contribution in [0.3, 0.4) is 0 Å². The van der Waals surface area contributed by atoms with E-state index in [1.54, 1.807) is 0 Å². The lowest BCUT2D eigenvalue weighted by molar-refractivity contribution is 0.591. The maximum atomic E-state index is 11.6. The molecule has 14 heavy (non-hydrogen) atoms. The summed E-state index contributed by atoms with van der Waals surface area (Å²) in [7, 11) is 0. The van der Waals surface area contributed by atoms with Gasteiger partial charge in [-0.2, -0.15) is 0 Å². The van der Waals surface area contributed by atoms with Gasteiger partial charge in [-0.05, 0) is 0 Å². The molecule has 0 N–H and O–H groups in total. The van der Waals surface area contributed by atoms with Crippen LogP contribution >= 0.6 is 23.2 Å². The van der Waals surface area contributed by atoms with E-state index in [2.05, 4.69) is 0 Å². The molecule has 1 heterocycles. The van der Waals surface area contributed by atoms with Gasteiger partial charge in [-0.15, -0.1) is 23.2 Å². The van der Waals surface area contributed by atoms with Gasteiger partial charge < -0.3 is 0 Å². The van der Waals surface area contributed by atoms with Crippen molar-refractivity contribution in [2.45, 2.75) is 13.1 Å².